The highest BCUT2D eigenvalue weighted by molar-refractivity contribution is 7.09. The van der Waals surface area contributed by atoms with E-state index in [0.29, 0.717) is 6.54 Å². The zero-order valence-electron chi connectivity index (χ0n) is 11.1. The molecule has 0 aliphatic carbocycles. The van der Waals surface area contributed by atoms with Gasteiger partial charge in [-0.3, -0.25) is 4.79 Å². The maximum absolute atomic E-state index is 12.4. The first-order valence-electron chi connectivity index (χ1n) is 6.60. The summed E-state index contributed by atoms with van der Waals surface area (Å²) in [5.74, 6) is 0.148. The van der Waals surface area contributed by atoms with Crippen molar-refractivity contribution in [1.82, 2.24) is 15.6 Å². The van der Waals surface area contributed by atoms with Crippen LogP contribution in [0.4, 0.5) is 0 Å². The lowest BCUT2D eigenvalue weighted by Crippen LogP contribution is -2.53. The van der Waals surface area contributed by atoms with Crippen LogP contribution in [0, 0.1) is 6.92 Å². The molecule has 18 heavy (non-hydrogen) atoms. The topological polar surface area (TPSA) is 54.0 Å². The van der Waals surface area contributed by atoms with E-state index in [-0.39, 0.29) is 11.4 Å². The van der Waals surface area contributed by atoms with Crippen LogP contribution in [0.1, 0.15) is 43.2 Å². The van der Waals surface area contributed by atoms with Crippen molar-refractivity contribution >= 4 is 17.2 Å². The molecular weight excluding hydrogens is 246 g/mol. The summed E-state index contributed by atoms with van der Waals surface area (Å²) in [5, 5.41) is 6.45. The summed E-state index contributed by atoms with van der Waals surface area (Å²) in [6, 6.07) is 0. The molecule has 0 bridgehead atoms. The van der Waals surface area contributed by atoms with Crippen molar-refractivity contribution < 1.29 is 4.79 Å². The third-order valence-electron chi connectivity index (χ3n) is 3.61. The van der Waals surface area contributed by atoms with Gasteiger partial charge in [-0.25, -0.2) is 4.98 Å². The Morgan fingerprint density at radius 1 is 1.67 bits per heavy atom. The molecule has 0 saturated carbocycles. The van der Waals surface area contributed by atoms with Crippen LogP contribution >= 0.6 is 11.3 Å². The Morgan fingerprint density at radius 3 is 3.06 bits per heavy atom. The van der Waals surface area contributed by atoms with Crippen LogP contribution < -0.4 is 10.6 Å². The fourth-order valence-electron chi connectivity index (χ4n) is 2.58. The highest BCUT2D eigenvalue weighted by Crippen LogP contribution is 2.25. The predicted octanol–water partition coefficient (Wildman–Crippen LogP) is 1.99. The average molecular weight is 267 g/mol. The normalized spacial score (nSPS) is 23.2. The number of amides is 1. The molecule has 1 fully saturated rings. The van der Waals surface area contributed by atoms with Gasteiger partial charge in [0.2, 0.25) is 5.91 Å². The van der Waals surface area contributed by atoms with Crippen LogP contribution in [0.2, 0.25) is 0 Å². The van der Waals surface area contributed by atoms with E-state index >= 15 is 0 Å². The van der Waals surface area contributed by atoms with Crippen LogP contribution in [0.15, 0.2) is 5.51 Å². The summed E-state index contributed by atoms with van der Waals surface area (Å²) in [6.45, 7) is 5.66. The highest BCUT2D eigenvalue weighted by Gasteiger charge is 2.39. The Labute approximate surface area is 112 Å². The van der Waals surface area contributed by atoms with Gasteiger partial charge >= 0.3 is 0 Å². The first kappa shape index (κ1) is 13.5. The maximum Gasteiger partial charge on any atom is 0.240 e. The van der Waals surface area contributed by atoms with E-state index in [9.17, 15) is 4.79 Å². The van der Waals surface area contributed by atoms with Crippen molar-refractivity contribution in [1.29, 1.82) is 0 Å². The van der Waals surface area contributed by atoms with E-state index in [1.165, 1.54) is 0 Å². The van der Waals surface area contributed by atoms with Gasteiger partial charge in [0.1, 0.15) is 0 Å². The SMILES string of the molecule is CCCC1(C(=O)NCc2scnc2C)CCCN1. The Morgan fingerprint density at radius 2 is 2.50 bits per heavy atom. The number of nitrogens with zero attached hydrogens (tertiary/aromatic N) is 1. The van der Waals surface area contributed by atoms with Gasteiger partial charge in [-0.2, -0.15) is 0 Å². The zero-order chi connectivity index (χ0) is 13.0. The maximum atomic E-state index is 12.4. The van der Waals surface area contributed by atoms with E-state index in [1.807, 2.05) is 12.4 Å². The largest absolute Gasteiger partial charge is 0.350 e. The van der Waals surface area contributed by atoms with E-state index in [0.717, 1.165) is 42.8 Å². The number of carbonyl (C=O) groups is 1. The first-order valence-corrected chi connectivity index (χ1v) is 7.48. The van der Waals surface area contributed by atoms with E-state index < -0.39 is 0 Å². The molecule has 5 heteroatoms. The Hall–Kier alpha value is -0.940. The Balaban J connectivity index is 1.96. The second-order valence-corrected chi connectivity index (χ2v) is 5.85. The molecule has 1 unspecified atom stereocenters. The van der Waals surface area contributed by atoms with E-state index in [4.69, 9.17) is 0 Å². The van der Waals surface area contributed by atoms with Crippen molar-refractivity contribution in [2.45, 2.75) is 51.6 Å². The summed E-state index contributed by atoms with van der Waals surface area (Å²) in [5.41, 5.74) is 2.52. The molecule has 1 atom stereocenters. The fraction of sp³-hybridized carbons (Fsp3) is 0.692. The minimum Gasteiger partial charge on any atom is -0.350 e. The highest BCUT2D eigenvalue weighted by atomic mass is 32.1. The molecule has 2 heterocycles. The number of aromatic nitrogens is 1. The Kier molecular flexibility index (Phi) is 4.35. The second-order valence-electron chi connectivity index (χ2n) is 4.91. The molecule has 1 aliphatic rings. The molecule has 2 rings (SSSR count). The number of carbonyl (C=O) groups excluding carboxylic acids is 1. The molecule has 0 spiro atoms. The standard InChI is InChI=1S/C13H21N3OS/c1-3-5-13(6-4-7-16-13)12(17)14-8-11-10(2)15-9-18-11/h9,16H,3-8H2,1-2H3,(H,14,17). The summed E-state index contributed by atoms with van der Waals surface area (Å²) < 4.78 is 0. The molecule has 1 saturated heterocycles. The lowest BCUT2D eigenvalue weighted by Gasteiger charge is -2.27. The Bertz CT molecular complexity index is 410. The number of rotatable bonds is 5. The minimum atomic E-state index is -0.326. The van der Waals surface area contributed by atoms with Crippen LogP contribution in [0.3, 0.4) is 0 Å². The van der Waals surface area contributed by atoms with E-state index in [2.05, 4.69) is 22.5 Å². The third kappa shape index (κ3) is 2.72. The van der Waals surface area contributed by atoms with Crippen molar-refractivity contribution in [3.8, 4) is 0 Å². The summed E-state index contributed by atoms with van der Waals surface area (Å²) in [4.78, 5) is 17.7. The molecule has 1 aromatic rings. The smallest absolute Gasteiger partial charge is 0.240 e. The van der Waals surface area contributed by atoms with Crippen molar-refractivity contribution in [3.63, 3.8) is 0 Å². The third-order valence-corrected chi connectivity index (χ3v) is 4.54. The van der Waals surface area contributed by atoms with Gasteiger partial charge < -0.3 is 10.6 Å². The number of thiazole rings is 1. The van der Waals surface area contributed by atoms with Gasteiger partial charge in [0.05, 0.1) is 23.3 Å². The molecule has 1 aliphatic heterocycles. The zero-order valence-corrected chi connectivity index (χ0v) is 11.9. The van der Waals surface area contributed by atoms with Crippen molar-refractivity contribution in [2.24, 2.45) is 0 Å². The number of nitrogens with one attached hydrogen (secondary N) is 2. The lowest BCUT2D eigenvalue weighted by atomic mass is 9.91. The van der Waals surface area contributed by atoms with E-state index in [1.54, 1.807) is 11.3 Å². The molecular formula is C13H21N3OS. The molecule has 100 valence electrons. The first-order chi connectivity index (χ1) is 8.68. The summed E-state index contributed by atoms with van der Waals surface area (Å²) >= 11 is 1.60. The molecule has 0 aromatic carbocycles. The molecule has 1 amide bonds. The summed E-state index contributed by atoms with van der Waals surface area (Å²) in [6.07, 6.45) is 3.99. The molecule has 0 radical (unpaired) electrons. The fourth-order valence-corrected chi connectivity index (χ4v) is 3.30. The minimum absolute atomic E-state index is 0.148. The van der Waals surface area contributed by atoms with Crippen LogP contribution in [0.25, 0.3) is 0 Å². The van der Waals surface area contributed by atoms with Crippen molar-refractivity contribution in [2.75, 3.05) is 6.54 Å². The van der Waals surface area contributed by atoms with Crippen LogP contribution in [-0.4, -0.2) is 23.0 Å². The monoisotopic (exact) mass is 267 g/mol. The predicted molar refractivity (Wildman–Crippen MR) is 73.6 cm³/mol. The van der Waals surface area contributed by atoms with Crippen LogP contribution in [-0.2, 0) is 11.3 Å². The average Bonchev–Trinajstić information content (AvgIpc) is 2.97. The molecule has 2 N–H and O–H groups in total. The number of aryl methyl sites for hydroxylation is 1. The van der Waals surface area contributed by atoms with Gasteiger partial charge in [0.25, 0.3) is 0 Å². The molecule has 4 nitrogen and oxygen atoms in total. The van der Waals surface area contributed by atoms with Gasteiger partial charge in [0, 0.05) is 4.88 Å². The van der Waals surface area contributed by atoms with Gasteiger partial charge in [0.15, 0.2) is 0 Å². The van der Waals surface area contributed by atoms with Crippen molar-refractivity contribution in [3.05, 3.63) is 16.1 Å². The van der Waals surface area contributed by atoms with Crippen LogP contribution in [0.5, 0.6) is 0 Å². The van der Waals surface area contributed by atoms with Gasteiger partial charge in [-0.05, 0) is 32.7 Å². The van der Waals surface area contributed by atoms with Gasteiger partial charge in [-0.1, -0.05) is 13.3 Å². The second kappa shape index (κ2) is 5.80. The number of hydrogen-bond acceptors (Lipinski definition) is 4. The lowest BCUT2D eigenvalue weighted by molar-refractivity contribution is -0.127. The molecule has 1 aromatic heterocycles. The van der Waals surface area contributed by atoms with Gasteiger partial charge in [-0.15, -0.1) is 11.3 Å². The number of hydrogen-bond donors (Lipinski definition) is 2. The quantitative estimate of drug-likeness (QED) is 0.858. The summed E-state index contributed by atoms with van der Waals surface area (Å²) in [7, 11) is 0.